The number of fused-ring (bicyclic) bond motifs is 3. The third-order valence-corrected chi connectivity index (χ3v) is 6.00. The molecule has 0 aliphatic carbocycles. The molecule has 1 aliphatic rings. The minimum atomic E-state index is -0.242. The van der Waals surface area contributed by atoms with Gasteiger partial charge in [0.1, 0.15) is 24.3 Å². The van der Waals surface area contributed by atoms with Crippen LogP contribution in [0.3, 0.4) is 0 Å². The second-order valence-electron chi connectivity index (χ2n) is 8.03. The molecule has 1 aliphatic heterocycles. The van der Waals surface area contributed by atoms with Crippen LogP contribution in [0.5, 0.6) is 23.0 Å². The first-order valence-electron chi connectivity index (χ1n) is 11.2. The minimum Gasteiger partial charge on any atom is -0.490 e. The Kier molecular flexibility index (Phi) is 6.43. The van der Waals surface area contributed by atoms with E-state index in [4.69, 9.17) is 30.2 Å². The van der Waals surface area contributed by atoms with Gasteiger partial charge in [-0.1, -0.05) is 35.9 Å². The quantitative estimate of drug-likeness (QED) is 0.324. The predicted molar refractivity (Wildman–Crippen MR) is 131 cm³/mol. The molecule has 4 aromatic rings. The van der Waals surface area contributed by atoms with Gasteiger partial charge in [-0.25, -0.2) is 0 Å². The van der Waals surface area contributed by atoms with E-state index in [9.17, 15) is 4.79 Å². The fraction of sp³-hybridized carbons (Fsp3) is 0.222. The van der Waals surface area contributed by atoms with E-state index in [1.807, 2.05) is 49.4 Å². The monoisotopic (exact) mass is 477 g/mol. The van der Waals surface area contributed by atoms with Crippen LogP contribution in [0.1, 0.15) is 18.1 Å². The number of rotatable bonds is 7. The molecular formula is C27H24ClNO5. The lowest BCUT2D eigenvalue weighted by molar-refractivity contribution is 0.0968. The van der Waals surface area contributed by atoms with Crippen molar-refractivity contribution in [1.82, 2.24) is 4.90 Å². The lowest BCUT2D eigenvalue weighted by Gasteiger charge is -2.29. The molecule has 7 heteroatoms. The fourth-order valence-corrected chi connectivity index (χ4v) is 4.14. The molecule has 0 bridgehead atoms. The molecule has 0 saturated carbocycles. The van der Waals surface area contributed by atoms with Crippen LogP contribution in [0, 0.1) is 0 Å². The zero-order valence-corrected chi connectivity index (χ0v) is 19.5. The smallest absolute Gasteiger partial charge is 0.235 e. The summed E-state index contributed by atoms with van der Waals surface area (Å²) >= 11 is 5.98. The molecule has 1 aromatic heterocycles. The third-order valence-electron chi connectivity index (χ3n) is 5.75. The van der Waals surface area contributed by atoms with Crippen LogP contribution in [-0.4, -0.2) is 24.8 Å². The average Bonchev–Trinajstić information content (AvgIpc) is 2.86. The van der Waals surface area contributed by atoms with Gasteiger partial charge in [0.05, 0.1) is 17.6 Å². The van der Waals surface area contributed by atoms with E-state index >= 15 is 0 Å². The molecule has 0 unspecified atom stereocenters. The number of ether oxygens (including phenoxy) is 3. The van der Waals surface area contributed by atoms with Crippen molar-refractivity contribution in [2.45, 2.75) is 19.9 Å². The third kappa shape index (κ3) is 4.60. The maximum absolute atomic E-state index is 13.2. The van der Waals surface area contributed by atoms with Crippen LogP contribution in [0.25, 0.3) is 11.0 Å². The number of halogens is 1. The highest BCUT2D eigenvalue weighted by Gasteiger charge is 2.23. The molecule has 0 atom stereocenters. The van der Waals surface area contributed by atoms with E-state index in [1.54, 1.807) is 18.2 Å². The van der Waals surface area contributed by atoms with Gasteiger partial charge in [-0.3, -0.25) is 9.69 Å². The Morgan fingerprint density at radius 2 is 1.79 bits per heavy atom. The first-order valence-corrected chi connectivity index (χ1v) is 11.6. The zero-order valence-electron chi connectivity index (χ0n) is 18.8. The number of benzene rings is 3. The fourth-order valence-electron chi connectivity index (χ4n) is 4.02. The molecule has 6 nitrogen and oxygen atoms in total. The van der Waals surface area contributed by atoms with Crippen LogP contribution in [0.2, 0.25) is 5.02 Å². The second-order valence-corrected chi connectivity index (χ2v) is 8.47. The Balaban J connectivity index is 1.39. The van der Waals surface area contributed by atoms with E-state index in [2.05, 4.69) is 4.90 Å². The molecule has 0 amide bonds. The summed E-state index contributed by atoms with van der Waals surface area (Å²) < 4.78 is 23.4. The first-order chi connectivity index (χ1) is 16.6. The topological polar surface area (TPSA) is 61.1 Å². The van der Waals surface area contributed by atoms with Crippen molar-refractivity contribution in [3.63, 3.8) is 0 Å². The Morgan fingerprint density at radius 3 is 2.59 bits per heavy atom. The summed E-state index contributed by atoms with van der Waals surface area (Å²) in [6.45, 7) is 4.29. The molecule has 0 spiro atoms. The van der Waals surface area contributed by atoms with E-state index in [-0.39, 0.29) is 11.2 Å². The maximum atomic E-state index is 13.2. The van der Waals surface area contributed by atoms with E-state index < -0.39 is 0 Å². The Bertz CT molecular complexity index is 1370. The van der Waals surface area contributed by atoms with Gasteiger partial charge in [-0.2, -0.15) is 0 Å². The Morgan fingerprint density at radius 1 is 1.00 bits per heavy atom. The molecule has 0 saturated heterocycles. The second kappa shape index (κ2) is 9.79. The van der Waals surface area contributed by atoms with Crippen LogP contribution in [0.15, 0.2) is 76.1 Å². The molecule has 0 radical (unpaired) electrons. The SMILES string of the molecule is CCOc1ccccc1Oc1coc2c3c(ccc2c1=O)OCN(CCc1ccc(Cl)cc1)C3. The highest BCUT2D eigenvalue weighted by Crippen LogP contribution is 2.34. The Labute approximate surface area is 202 Å². The van der Waals surface area contributed by atoms with Gasteiger partial charge in [-0.05, 0) is 55.3 Å². The minimum absolute atomic E-state index is 0.107. The highest BCUT2D eigenvalue weighted by atomic mass is 35.5. The number of hydrogen-bond acceptors (Lipinski definition) is 6. The van der Waals surface area contributed by atoms with Crippen LogP contribution < -0.4 is 19.6 Å². The summed E-state index contributed by atoms with van der Waals surface area (Å²) in [6, 6.07) is 18.6. The molecule has 2 heterocycles. The van der Waals surface area contributed by atoms with Gasteiger partial charge in [0, 0.05) is 18.1 Å². The van der Waals surface area contributed by atoms with E-state index in [0.29, 0.717) is 42.4 Å². The van der Waals surface area contributed by atoms with Gasteiger partial charge in [-0.15, -0.1) is 0 Å². The lowest BCUT2D eigenvalue weighted by Crippen LogP contribution is -2.33. The van der Waals surface area contributed by atoms with E-state index in [1.165, 1.54) is 11.8 Å². The molecule has 0 N–H and O–H groups in total. The number of hydrogen-bond donors (Lipinski definition) is 0. The summed E-state index contributed by atoms with van der Waals surface area (Å²) in [5, 5.41) is 1.18. The normalized spacial score (nSPS) is 13.4. The van der Waals surface area contributed by atoms with E-state index in [0.717, 1.165) is 29.3 Å². The van der Waals surface area contributed by atoms with Crippen molar-refractivity contribution in [1.29, 1.82) is 0 Å². The summed E-state index contributed by atoms with van der Waals surface area (Å²) in [7, 11) is 0. The zero-order chi connectivity index (χ0) is 23.5. The van der Waals surface area contributed by atoms with Crippen molar-refractivity contribution in [2.75, 3.05) is 19.9 Å². The number of para-hydroxylation sites is 2. The summed E-state index contributed by atoms with van der Waals surface area (Å²) in [5.41, 5.74) is 2.34. The van der Waals surface area contributed by atoms with Crippen LogP contribution in [0.4, 0.5) is 0 Å². The maximum Gasteiger partial charge on any atom is 0.235 e. The predicted octanol–water partition coefficient (Wildman–Crippen LogP) is 6.03. The molecule has 5 rings (SSSR count). The van der Waals surface area contributed by atoms with Gasteiger partial charge in [0.25, 0.3) is 0 Å². The van der Waals surface area contributed by atoms with Gasteiger partial charge < -0.3 is 18.6 Å². The largest absolute Gasteiger partial charge is 0.490 e. The highest BCUT2D eigenvalue weighted by molar-refractivity contribution is 6.30. The van der Waals surface area contributed by atoms with Gasteiger partial charge >= 0.3 is 0 Å². The van der Waals surface area contributed by atoms with Crippen molar-refractivity contribution in [3.8, 4) is 23.0 Å². The molecule has 34 heavy (non-hydrogen) atoms. The summed E-state index contributed by atoms with van der Waals surface area (Å²) in [5.74, 6) is 1.87. The lowest BCUT2D eigenvalue weighted by atomic mass is 10.1. The van der Waals surface area contributed by atoms with Gasteiger partial charge in [0.2, 0.25) is 11.2 Å². The standard InChI is InChI=1S/C27H24ClNO5/c1-2-31-23-5-3-4-6-24(23)34-25-16-32-27-20(26(25)30)11-12-22-21(27)15-29(17-33-22)14-13-18-7-9-19(28)10-8-18/h3-12,16H,2,13-15,17H2,1H3. The molecule has 0 fully saturated rings. The first kappa shape index (κ1) is 22.3. The summed E-state index contributed by atoms with van der Waals surface area (Å²) in [6.07, 6.45) is 2.22. The van der Waals surface area contributed by atoms with Crippen molar-refractivity contribution < 1.29 is 18.6 Å². The van der Waals surface area contributed by atoms with Crippen molar-refractivity contribution in [3.05, 3.63) is 93.3 Å². The van der Waals surface area contributed by atoms with Crippen molar-refractivity contribution in [2.24, 2.45) is 0 Å². The van der Waals surface area contributed by atoms with Crippen LogP contribution >= 0.6 is 11.6 Å². The molecular weight excluding hydrogens is 454 g/mol. The van der Waals surface area contributed by atoms with Crippen LogP contribution in [-0.2, 0) is 13.0 Å². The molecule has 3 aromatic carbocycles. The average molecular weight is 478 g/mol. The molecule has 174 valence electrons. The Hall–Kier alpha value is -3.48. The number of nitrogens with zero attached hydrogens (tertiary/aromatic N) is 1. The van der Waals surface area contributed by atoms with Crippen molar-refractivity contribution >= 4 is 22.6 Å². The van der Waals surface area contributed by atoms with Gasteiger partial charge in [0.15, 0.2) is 11.5 Å². The summed E-state index contributed by atoms with van der Waals surface area (Å²) in [4.78, 5) is 15.4.